The van der Waals surface area contributed by atoms with E-state index in [1.165, 1.54) is 0 Å². The number of hydrogen-bond donors (Lipinski definition) is 2. The number of carboxylic acid groups (broad SMARTS) is 1. The number of aliphatic carboxylic acids is 1. The van der Waals surface area contributed by atoms with Gasteiger partial charge in [0.05, 0.1) is 11.6 Å². The van der Waals surface area contributed by atoms with Crippen LogP contribution in [-0.2, 0) is 9.53 Å². The van der Waals surface area contributed by atoms with Crippen LogP contribution in [0.15, 0.2) is 36.4 Å². The molecule has 0 radical (unpaired) electrons. The topological polar surface area (TPSA) is 80.6 Å². The van der Waals surface area contributed by atoms with Gasteiger partial charge in [-0.15, -0.1) is 0 Å². The molecule has 1 atom stereocenters. The molecule has 2 aromatic rings. The molecule has 1 amide bonds. The third kappa shape index (κ3) is 3.62. The van der Waals surface area contributed by atoms with E-state index in [4.69, 9.17) is 4.74 Å². The first-order valence-electron chi connectivity index (χ1n) is 9.23. The van der Waals surface area contributed by atoms with Crippen LogP contribution in [0.2, 0.25) is 0 Å². The Hall–Kier alpha value is -2.60. The van der Waals surface area contributed by atoms with Gasteiger partial charge in [0.15, 0.2) is 0 Å². The molecule has 2 N–H and O–H groups in total. The zero-order valence-corrected chi connectivity index (χ0v) is 16.0. The number of carboxylic acids is 1. The smallest absolute Gasteiger partial charge is 0.329 e. The number of aryl methyl sites for hydroxylation is 1. The van der Waals surface area contributed by atoms with Crippen LogP contribution in [0.1, 0.15) is 53.1 Å². The molecule has 27 heavy (non-hydrogen) atoms. The lowest BCUT2D eigenvalue weighted by Gasteiger charge is -2.33. The van der Waals surface area contributed by atoms with Crippen molar-refractivity contribution in [1.29, 1.82) is 0 Å². The highest BCUT2D eigenvalue weighted by molar-refractivity contribution is 5.99. The summed E-state index contributed by atoms with van der Waals surface area (Å²) in [6, 6.07) is 12.0. The van der Waals surface area contributed by atoms with Gasteiger partial charge in [-0.2, -0.15) is 0 Å². The average molecular weight is 370 g/mol. The zero-order chi connectivity index (χ0) is 19.6. The molecule has 1 fully saturated rings. The maximum Gasteiger partial charge on any atom is 0.329 e. The van der Waals surface area contributed by atoms with E-state index in [-0.39, 0.29) is 24.8 Å². The van der Waals surface area contributed by atoms with E-state index in [0.29, 0.717) is 18.8 Å². The van der Waals surface area contributed by atoms with Crippen LogP contribution in [0.3, 0.4) is 0 Å². The number of benzene rings is 1. The summed E-state index contributed by atoms with van der Waals surface area (Å²) < 4.78 is 7.38. The number of nitrogens with zero attached hydrogens (tertiary/aromatic N) is 1. The molecule has 3 rings (SSSR count). The number of rotatable bonds is 5. The summed E-state index contributed by atoms with van der Waals surface area (Å²) in [5, 5.41) is 12.5. The van der Waals surface area contributed by atoms with Crippen LogP contribution in [0.4, 0.5) is 0 Å². The Bertz CT molecular complexity index is 835. The van der Waals surface area contributed by atoms with Crippen molar-refractivity contribution in [3.8, 4) is 0 Å². The van der Waals surface area contributed by atoms with Crippen LogP contribution in [-0.4, -0.2) is 40.3 Å². The number of nitrogens with one attached hydrogen (secondary N) is 1. The Kier molecular flexibility index (Phi) is 5.37. The molecule has 2 heterocycles. The summed E-state index contributed by atoms with van der Waals surface area (Å²) in [6.45, 7) is 6.62. The fourth-order valence-electron chi connectivity index (χ4n) is 3.88. The third-order valence-corrected chi connectivity index (χ3v) is 5.51. The Balaban J connectivity index is 1.89. The van der Waals surface area contributed by atoms with Gasteiger partial charge < -0.3 is 19.7 Å². The van der Waals surface area contributed by atoms with Gasteiger partial charge in [-0.05, 0) is 32.4 Å². The largest absolute Gasteiger partial charge is 0.480 e. The van der Waals surface area contributed by atoms with E-state index in [1.807, 2.05) is 38.1 Å². The molecule has 1 unspecified atom stereocenters. The fraction of sp³-hybridized carbons (Fsp3) is 0.429. The Morgan fingerprint density at radius 1 is 1.19 bits per heavy atom. The van der Waals surface area contributed by atoms with Crippen molar-refractivity contribution in [1.82, 2.24) is 9.88 Å². The van der Waals surface area contributed by atoms with Gasteiger partial charge in [-0.1, -0.05) is 30.3 Å². The maximum atomic E-state index is 12.9. The van der Waals surface area contributed by atoms with E-state index < -0.39 is 11.5 Å². The van der Waals surface area contributed by atoms with E-state index >= 15 is 0 Å². The minimum atomic E-state index is -1.26. The fourth-order valence-corrected chi connectivity index (χ4v) is 3.88. The molecule has 1 aromatic carbocycles. The molecule has 6 heteroatoms. The quantitative estimate of drug-likeness (QED) is 0.848. The molecular weight excluding hydrogens is 344 g/mol. The lowest BCUT2D eigenvalue weighted by molar-refractivity contribution is -0.148. The lowest BCUT2D eigenvalue weighted by Crippen LogP contribution is -2.57. The lowest BCUT2D eigenvalue weighted by atomic mass is 9.89. The number of aromatic nitrogens is 1. The minimum Gasteiger partial charge on any atom is -0.480 e. The van der Waals surface area contributed by atoms with Gasteiger partial charge in [-0.3, -0.25) is 4.79 Å². The highest BCUT2D eigenvalue weighted by Crippen LogP contribution is 2.27. The summed E-state index contributed by atoms with van der Waals surface area (Å²) in [4.78, 5) is 24.8. The van der Waals surface area contributed by atoms with Crippen molar-refractivity contribution in [3.63, 3.8) is 0 Å². The number of hydrogen-bond acceptors (Lipinski definition) is 3. The normalized spacial score (nSPS) is 17.3. The monoisotopic (exact) mass is 370 g/mol. The first-order valence-corrected chi connectivity index (χ1v) is 9.23. The second kappa shape index (κ2) is 7.56. The summed E-state index contributed by atoms with van der Waals surface area (Å²) in [5.41, 5.74) is 2.20. The van der Waals surface area contributed by atoms with Gasteiger partial charge >= 0.3 is 5.97 Å². The first kappa shape index (κ1) is 19.2. The van der Waals surface area contributed by atoms with Gasteiger partial charge in [0.2, 0.25) is 0 Å². The second-order valence-corrected chi connectivity index (χ2v) is 7.20. The predicted molar refractivity (Wildman–Crippen MR) is 102 cm³/mol. The molecule has 1 aliphatic heterocycles. The number of ether oxygens (including phenoxy) is 1. The van der Waals surface area contributed by atoms with Crippen LogP contribution in [0.5, 0.6) is 0 Å². The second-order valence-electron chi connectivity index (χ2n) is 7.20. The Morgan fingerprint density at radius 2 is 1.81 bits per heavy atom. The van der Waals surface area contributed by atoms with Crippen LogP contribution in [0, 0.1) is 13.8 Å². The molecule has 144 valence electrons. The SMILES string of the molecule is Cc1cc(C(=O)NC2(C(=O)O)CCOCC2)c(C)n1C(C)c1ccccc1. The van der Waals surface area contributed by atoms with Crippen LogP contribution >= 0.6 is 0 Å². The number of carbonyl (C=O) groups excluding carboxylic acids is 1. The summed E-state index contributed by atoms with van der Waals surface area (Å²) >= 11 is 0. The zero-order valence-electron chi connectivity index (χ0n) is 16.0. The standard InChI is InChI=1S/C21H26N2O4/c1-14-13-18(16(3)23(14)15(2)17-7-5-4-6-8-17)19(24)22-21(20(25)26)9-11-27-12-10-21/h4-8,13,15H,9-12H2,1-3H3,(H,22,24)(H,25,26). The summed E-state index contributed by atoms with van der Waals surface area (Å²) in [7, 11) is 0. The van der Waals surface area contributed by atoms with Crippen molar-refractivity contribution in [2.24, 2.45) is 0 Å². The molecule has 1 aliphatic rings. The predicted octanol–water partition coefficient (Wildman–Crippen LogP) is 3.08. The third-order valence-electron chi connectivity index (χ3n) is 5.51. The number of carbonyl (C=O) groups is 2. The van der Waals surface area contributed by atoms with Crippen molar-refractivity contribution >= 4 is 11.9 Å². The molecule has 0 saturated carbocycles. The molecule has 0 bridgehead atoms. The Morgan fingerprint density at radius 3 is 2.41 bits per heavy atom. The highest BCUT2D eigenvalue weighted by atomic mass is 16.5. The van der Waals surface area contributed by atoms with Gasteiger partial charge in [0.25, 0.3) is 5.91 Å². The number of amides is 1. The summed E-state index contributed by atoms with van der Waals surface area (Å²) in [5.74, 6) is -1.36. The van der Waals surface area contributed by atoms with E-state index in [2.05, 4.69) is 28.9 Å². The van der Waals surface area contributed by atoms with Crippen LogP contribution in [0.25, 0.3) is 0 Å². The molecule has 0 aliphatic carbocycles. The first-order chi connectivity index (χ1) is 12.9. The molecule has 1 aromatic heterocycles. The summed E-state index contributed by atoms with van der Waals surface area (Å²) in [6.07, 6.45) is 0.542. The Labute approximate surface area is 159 Å². The molecule has 6 nitrogen and oxygen atoms in total. The maximum absolute atomic E-state index is 12.9. The molecule has 0 spiro atoms. The van der Waals surface area contributed by atoms with Crippen molar-refractivity contribution in [3.05, 3.63) is 58.9 Å². The van der Waals surface area contributed by atoms with Crippen LogP contribution < -0.4 is 5.32 Å². The van der Waals surface area contributed by atoms with E-state index in [1.54, 1.807) is 0 Å². The van der Waals surface area contributed by atoms with Crippen molar-refractivity contribution in [2.75, 3.05) is 13.2 Å². The van der Waals surface area contributed by atoms with E-state index in [0.717, 1.165) is 17.0 Å². The van der Waals surface area contributed by atoms with Crippen molar-refractivity contribution in [2.45, 2.75) is 45.2 Å². The van der Waals surface area contributed by atoms with Gasteiger partial charge in [0, 0.05) is 37.4 Å². The average Bonchev–Trinajstić information content (AvgIpc) is 2.97. The minimum absolute atomic E-state index is 0.0734. The van der Waals surface area contributed by atoms with Gasteiger partial charge in [-0.25, -0.2) is 4.79 Å². The highest BCUT2D eigenvalue weighted by Gasteiger charge is 2.42. The van der Waals surface area contributed by atoms with E-state index in [9.17, 15) is 14.7 Å². The van der Waals surface area contributed by atoms with Crippen molar-refractivity contribution < 1.29 is 19.4 Å². The molecular formula is C21H26N2O4. The van der Waals surface area contributed by atoms with Gasteiger partial charge in [0.1, 0.15) is 5.54 Å². The molecule has 1 saturated heterocycles.